The van der Waals surface area contributed by atoms with Crippen LogP contribution in [-0.4, -0.2) is 28.7 Å². The fourth-order valence-electron chi connectivity index (χ4n) is 3.44. The summed E-state index contributed by atoms with van der Waals surface area (Å²) in [5.41, 5.74) is 1.79. The van der Waals surface area contributed by atoms with Gasteiger partial charge in [0.15, 0.2) is 11.5 Å². The highest BCUT2D eigenvalue weighted by Crippen LogP contribution is 2.30. The number of hydrogen-bond acceptors (Lipinski definition) is 5. The maximum atomic E-state index is 12.6. The van der Waals surface area contributed by atoms with Crippen molar-refractivity contribution in [1.29, 1.82) is 0 Å². The van der Waals surface area contributed by atoms with Gasteiger partial charge < -0.3 is 14.8 Å². The van der Waals surface area contributed by atoms with Gasteiger partial charge in [0.05, 0.1) is 6.21 Å². The first-order chi connectivity index (χ1) is 16.5. The first kappa shape index (κ1) is 23.0. The van der Waals surface area contributed by atoms with E-state index in [0.717, 1.165) is 16.1 Å². The Bertz CT molecular complexity index is 1180. The lowest BCUT2D eigenvalue weighted by atomic mass is 10.00. The fraction of sp³-hybridized carbons (Fsp3) is 0.222. The molecule has 1 fully saturated rings. The molecule has 174 valence electrons. The minimum atomic E-state index is -0.937. The number of carbonyl (C=O) groups excluding carboxylic acids is 2. The molecule has 1 aliphatic rings. The highest BCUT2D eigenvalue weighted by atomic mass is 16.5. The van der Waals surface area contributed by atoms with Crippen LogP contribution in [-0.2, 0) is 18.0 Å². The fourth-order valence-corrected chi connectivity index (χ4v) is 3.44. The van der Waals surface area contributed by atoms with Gasteiger partial charge in [-0.05, 0) is 48.2 Å². The van der Waals surface area contributed by atoms with Crippen LogP contribution in [0.2, 0.25) is 0 Å². The highest BCUT2D eigenvalue weighted by Gasteiger charge is 2.46. The summed E-state index contributed by atoms with van der Waals surface area (Å²) >= 11 is 0. The lowest BCUT2D eigenvalue weighted by molar-refractivity contribution is -0.130. The zero-order chi connectivity index (χ0) is 24.0. The number of ether oxygens (including phenoxy) is 2. The Balaban J connectivity index is 1.54. The van der Waals surface area contributed by atoms with Crippen LogP contribution in [0.5, 0.6) is 11.5 Å². The lowest BCUT2D eigenvalue weighted by Crippen LogP contribution is -2.42. The van der Waals surface area contributed by atoms with E-state index in [9.17, 15) is 9.59 Å². The predicted octanol–water partition coefficient (Wildman–Crippen LogP) is 4.90. The van der Waals surface area contributed by atoms with Gasteiger partial charge in [-0.2, -0.15) is 5.10 Å². The Hall–Kier alpha value is -4.13. The molecule has 3 aromatic rings. The third kappa shape index (κ3) is 5.26. The lowest BCUT2D eigenvalue weighted by Gasteiger charge is -2.17. The predicted molar refractivity (Wildman–Crippen MR) is 130 cm³/mol. The molecule has 4 rings (SSSR count). The molecule has 1 heterocycles. The van der Waals surface area contributed by atoms with E-state index in [0.29, 0.717) is 36.7 Å². The number of nitrogens with zero attached hydrogens (tertiary/aromatic N) is 2. The van der Waals surface area contributed by atoms with E-state index in [-0.39, 0.29) is 5.91 Å². The summed E-state index contributed by atoms with van der Waals surface area (Å²) in [5.74, 6) is 0.754. The van der Waals surface area contributed by atoms with Crippen molar-refractivity contribution in [2.24, 2.45) is 5.10 Å². The van der Waals surface area contributed by atoms with E-state index in [1.165, 1.54) is 6.21 Å². The second-order valence-corrected chi connectivity index (χ2v) is 8.23. The average Bonchev–Trinajstić information content (AvgIpc) is 3.09. The van der Waals surface area contributed by atoms with Crippen molar-refractivity contribution in [1.82, 2.24) is 10.3 Å². The van der Waals surface area contributed by atoms with Gasteiger partial charge in [-0.3, -0.25) is 4.79 Å². The highest BCUT2D eigenvalue weighted by molar-refractivity contribution is 6.07. The summed E-state index contributed by atoms with van der Waals surface area (Å²) < 4.78 is 12.1. The summed E-state index contributed by atoms with van der Waals surface area (Å²) in [7, 11) is 0. The average molecular weight is 458 g/mol. The smallest absolute Gasteiger partial charge is 0.346 e. The van der Waals surface area contributed by atoms with Crippen molar-refractivity contribution in [3.63, 3.8) is 0 Å². The number of carbonyl (C=O) groups is 2. The van der Waals surface area contributed by atoms with Crippen LogP contribution >= 0.6 is 0 Å². The molecule has 0 aromatic heterocycles. The molecular formula is C27H27N3O4. The van der Waals surface area contributed by atoms with Crippen molar-refractivity contribution in [3.05, 3.63) is 95.6 Å². The summed E-state index contributed by atoms with van der Waals surface area (Å²) in [5, 5.41) is 7.69. The van der Waals surface area contributed by atoms with Gasteiger partial charge in [-0.15, -0.1) is 5.01 Å². The number of amides is 3. The van der Waals surface area contributed by atoms with E-state index in [4.69, 9.17) is 9.47 Å². The first-order valence-electron chi connectivity index (χ1n) is 11.2. The molecular weight excluding hydrogens is 430 g/mol. The number of hydrazone groups is 1. The van der Waals surface area contributed by atoms with Gasteiger partial charge in [0.2, 0.25) is 0 Å². The van der Waals surface area contributed by atoms with Crippen molar-refractivity contribution in [2.45, 2.75) is 39.0 Å². The number of urea groups is 1. The minimum absolute atomic E-state index is 0.366. The third-order valence-corrected chi connectivity index (χ3v) is 5.71. The minimum Gasteiger partial charge on any atom is -0.485 e. The molecule has 0 spiro atoms. The largest absolute Gasteiger partial charge is 0.485 e. The number of imide groups is 1. The summed E-state index contributed by atoms with van der Waals surface area (Å²) in [6.07, 6.45) is 1.95. The number of hydrogen-bond donors (Lipinski definition) is 1. The van der Waals surface area contributed by atoms with Crippen LogP contribution in [0.15, 0.2) is 84.0 Å². The Kier molecular flexibility index (Phi) is 6.92. The molecule has 3 aromatic carbocycles. The van der Waals surface area contributed by atoms with Gasteiger partial charge in [-0.25, -0.2) is 4.79 Å². The van der Waals surface area contributed by atoms with Gasteiger partial charge in [0.25, 0.3) is 5.91 Å². The van der Waals surface area contributed by atoms with Crippen LogP contribution < -0.4 is 14.8 Å². The maximum Gasteiger partial charge on any atom is 0.346 e. The van der Waals surface area contributed by atoms with E-state index in [1.54, 1.807) is 25.1 Å². The molecule has 34 heavy (non-hydrogen) atoms. The molecule has 7 heteroatoms. The topological polar surface area (TPSA) is 80.2 Å². The standard InChI is InChI=1S/C27H27N3O4/c1-3-27(2)25(31)30(26(32)29-27)28-17-22-14-15-23(33-18-20-10-6-4-7-11-20)24(16-22)34-19-21-12-8-5-9-13-21/h4-17H,3,18-19H2,1-2H3,(H,29,32). The van der Waals surface area contributed by atoms with Gasteiger partial charge in [-0.1, -0.05) is 67.6 Å². The summed E-state index contributed by atoms with van der Waals surface area (Å²) in [6, 6.07) is 24.6. The Labute approximate surface area is 199 Å². The number of benzene rings is 3. The molecule has 1 saturated heterocycles. The van der Waals surface area contributed by atoms with Crippen LogP contribution in [0.25, 0.3) is 0 Å². The Morgan fingerprint density at radius 1 is 0.882 bits per heavy atom. The van der Waals surface area contributed by atoms with Gasteiger partial charge >= 0.3 is 6.03 Å². The summed E-state index contributed by atoms with van der Waals surface area (Å²) in [6.45, 7) is 4.30. The maximum absolute atomic E-state index is 12.6. The Morgan fingerprint density at radius 2 is 1.47 bits per heavy atom. The third-order valence-electron chi connectivity index (χ3n) is 5.71. The SMILES string of the molecule is CCC1(C)NC(=O)N(N=Cc2ccc(OCc3ccccc3)c(OCc3ccccc3)c2)C1=O. The van der Waals surface area contributed by atoms with Crippen LogP contribution in [0.4, 0.5) is 4.79 Å². The van der Waals surface area contributed by atoms with Crippen molar-refractivity contribution >= 4 is 18.2 Å². The van der Waals surface area contributed by atoms with Crippen molar-refractivity contribution < 1.29 is 19.1 Å². The first-order valence-corrected chi connectivity index (χ1v) is 11.2. The number of nitrogens with one attached hydrogen (secondary N) is 1. The normalized spacial score (nSPS) is 17.8. The van der Waals surface area contributed by atoms with E-state index >= 15 is 0 Å². The zero-order valence-corrected chi connectivity index (χ0v) is 19.2. The Morgan fingerprint density at radius 3 is 2.03 bits per heavy atom. The van der Waals surface area contributed by atoms with Crippen LogP contribution in [0.1, 0.15) is 37.0 Å². The molecule has 1 aliphatic heterocycles. The van der Waals surface area contributed by atoms with E-state index < -0.39 is 11.6 Å². The molecule has 0 saturated carbocycles. The van der Waals surface area contributed by atoms with E-state index in [1.807, 2.05) is 67.6 Å². The second-order valence-electron chi connectivity index (χ2n) is 8.23. The molecule has 0 bridgehead atoms. The van der Waals surface area contributed by atoms with Gasteiger partial charge in [0.1, 0.15) is 18.8 Å². The zero-order valence-electron chi connectivity index (χ0n) is 19.2. The van der Waals surface area contributed by atoms with Gasteiger partial charge in [0, 0.05) is 0 Å². The van der Waals surface area contributed by atoms with E-state index in [2.05, 4.69) is 10.4 Å². The number of rotatable bonds is 9. The van der Waals surface area contributed by atoms with Crippen LogP contribution in [0, 0.1) is 0 Å². The molecule has 1 atom stereocenters. The molecule has 1 N–H and O–H groups in total. The van der Waals surface area contributed by atoms with Crippen molar-refractivity contribution in [3.8, 4) is 11.5 Å². The molecule has 0 radical (unpaired) electrons. The molecule has 7 nitrogen and oxygen atoms in total. The van der Waals surface area contributed by atoms with Crippen LogP contribution in [0.3, 0.4) is 0 Å². The monoisotopic (exact) mass is 457 g/mol. The van der Waals surface area contributed by atoms with Crippen molar-refractivity contribution in [2.75, 3.05) is 0 Å². The summed E-state index contributed by atoms with van der Waals surface area (Å²) in [4.78, 5) is 24.8. The molecule has 0 aliphatic carbocycles. The molecule has 3 amide bonds. The quantitative estimate of drug-likeness (QED) is 0.366. The second kappa shape index (κ2) is 10.2. The molecule has 1 unspecified atom stereocenters.